The van der Waals surface area contributed by atoms with Crippen molar-refractivity contribution in [3.8, 4) is 0 Å². The molecular weight excluding hydrogens is 291 g/mol. The van der Waals surface area contributed by atoms with E-state index in [1.807, 2.05) is 16.8 Å². The van der Waals surface area contributed by atoms with Crippen molar-refractivity contribution in [1.29, 1.82) is 0 Å². The van der Waals surface area contributed by atoms with E-state index in [1.54, 1.807) is 12.1 Å². The number of nitrogens with two attached hydrogens (primary N) is 1. The summed E-state index contributed by atoms with van der Waals surface area (Å²) in [6, 6.07) is 6.39. The third-order valence-electron chi connectivity index (χ3n) is 3.82. The number of hydrogen-bond donors (Lipinski definition) is 1. The summed E-state index contributed by atoms with van der Waals surface area (Å²) in [4.78, 5) is 0. The number of hydrogen-bond acceptors (Lipinski definition) is 3. The van der Waals surface area contributed by atoms with Crippen molar-refractivity contribution < 1.29 is 4.39 Å². The molecule has 0 saturated heterocycles. The molecule has 0 fully saturated rings. The molecular formula is C18H25FN4. The summed E-state index contributed by atoms with van der Waals surface area (Å²) < 4.78 is 14.9. The highest BCUT2D eigenvalue weighted by atomic mass is 19.1. The number of halogens is 1. The smallest absolute Gasteiger partial charge is 0.123 e. The molecule has 124 valence electrons. The van der Waals surface area contributed by atoms with Gasteiger partial charge in [0.25, 0.3) is 0 Å². The summed E-state index contributed by atoms with van der Waals surface area (Å²) in [5.74, 6) is -0.233. The number of unbranched alkanes of at least 4 members (excludes halogenated alkanes) is 4. The SMILES string of the molecule is CCCCCCCn1nnc(CN)c1/C=C/c1ccc(F)cc1. The molecule has 0 radical (unpaired) electrons. The number of benzene rings is 1. The molecule has 1 aromatic carbocycles. The van der Waals surface area contributed by atoms with Gasteiger partial charge in [0.1, 0.15) is 11.5 Å². The van der Waals surface area contributed by atoms with E-state index in [0.29, 0.717) is 6.54 Å². The van der Waals surface area contributed by atoms with Crippen molar-refractivity contribution in [2.45, 2.75) is 52.1 Å². The second-order valence-corrected chi connectivity index (χ2v) is 5.65. The van der Waals surface area contributed by atoms with Crippen molar-refractivity contribution in [3.63, 3.8) is 0 Å². The Morgan fingerprint density at radius 2 is 1.83 bits per heavy atom. The fourth-order valence-electron chi connectivity index (χ4n) is 2.46. The van der Waals surface area contributed by atoms with E-state index >= 15 is 0 Å². The molecule has 4 nitrogen and oxygen atoms in total. The first kappa shape index (κ1) is 17.3. The van der Waals surface area contributed by atoms with Crippen LogP contribution in [0.25, 0.3) is 12.2 Å². The lowest BCUT2D eigenvalue weighted by Crippen LogP contribution is -2.04. The predicted molar refractivity (Wildman–Crippen MR) is 92.0 cm³/mol. The van der Waals surface area contributed by atoms with Crippen LogP contribution < -0.4 is 5.73 Å². The molecule has 0 aliphatic rings. The molecule has 2 aromatic rings. The lowest BCUT2D eigenvalue weighted by Gasteiger charge is -2.04. The van der Waals surface area contributed by atoms with Gasteiger partial charge in [0.15, 0.2) is 0 Å². The van der Waals surface area contributed by atoms with Gasteiger partial charge in [-0.05, 0) is 30.2 Å². The quantitative estimate of drug-likeness (QED) is 0.711. The fraction of sp³-hybridized carbons (Fsp3) is 0.444. The predicted octanol–water partition coefficient (Wildman–Crippen LogP) is 4.02. The molecule has 0 unspecified atom stereocenters. The molecule has 23 heavy (non-hydrogen) atoms. The van der Waals surface area contributed by atoms with Crippen LogP contribution in [0, 0.1) is 5.82 Å². The zero-order valence-electron chi connectivity index (χ0n) is 13.7. The Kier molecular flexibility index (Phi) is 6.94. The average Bonchev–Trinajstić information content (AvgIpc) is 2.96. The van der Waals surface area contributed by atoms with E-state index in [4.69, 9.17) is 5.73 Å². The molecule has 0 spiro atoms. The summed E-state index contributed by atoms with van der Waals surface area (Å²) in [5, 5.41) is 8.36. The molecule has 2 N–H and O–H groups in total. The highest BCUT2D eigenvalue weighted by molar-refractivity contribution is 5.68. The Balaban J connectivity index is 2.04. The molecule has 1 heterocycles. The van der Waals surface area contributed by atoms with Gasteiger partial charge in [-0.1, -0.05) is 56.0 Å². The summed E-state index contributed by atoms with van der Waals surface area (Å²) in [7, 11) is 0. The van der Waals surface area contributed by atoms with Gasteiger partial charge in [-0.15, -0.1) is 5.10 Å². The van der Waals surface area contributed by atoms with Crippen molar-refractivity contribution in [3.05, 3.63) is 47.0 Å². The zero-order chi connectivity index (χ0) is 16.5. The van der Waals surface area contributed by atoms with Crippen molar-refractivity contribution in [2.75, 3.05) is 0 Å². The average molecular weight is 316 g/mol. The monoisotopic (exact) mass is 316 g/mol. The Labute approximate surface area is 137 Å². The Bertz CT molecular complexity index is 616. The maximum atomic E-state index is 12.9. The molecule has 0 aliphatic heterocycles. The molecule has 0 bridgehead atoms. The highest BCUT2D eigenvalue weighted by Gasteiger charge is 2.08. The Hall–Kier alpha value is -2.01. The van der Waals surface area contributed by atoms with Crippen molar-refractivity contribution in [2.24, 2.45) is 5.73 Å². The van der Waals surface area contributed by atoms with E-state index < -0.39 is 0 Å². The second-order valence-electron chi connectivity index (χ2n) is 5.65. The third kappa shape index (κ3) is 5.28. The van der Waals surface area contributed by atoms with Gasteiger partial charge in [0.05, 0.1) is 5.69 Å². The molecule has 0 saturated carbocycles. The maximum absolute atomic E-state index is 12.9. The molecule has 5 heteroatoms. The van der Waals surface area contributed by atoms with Gasteiger partial charge in [-0.3, -0.25) is 0 Å². The molecule has 1 aromatic heterocycles. The molecule has 2 rings (SSSR count). The lowest BCUT2D eigenvalue weighted by molar-refractivity contribution is 0.518. The molecule has 0 atom stereocenters. The molecule has 0 amide bonds. The Morgan fingerprint density at radius 3 is 2.52 bits per heavy atom. The minimum absolute atomic E-state index is 0.233. The first-order chi connectivity index (χ1) is 11.2. The second kappa shape index (κ2) is 9.20. The van der Waals surface area contributed by atoms with E-state index in [-0.39, 0.29) is 5.82 Å². The van der Waals surface area contributed by atoms with Gasteiger partial charge in [-0.25, -0.2) is 9.07 Å². The highest BCUT2D eigenvalue weighted by Crippen LogP contribution is 2.13. The first-order valence-corrected chi connectivity index (χ1v) is 8.30. The van der Waals surface area contributed by atoms with Crippen LogP contribution in [-0.2, 0) is 13.1 Å². The summed E-state index contributed by atoms with van der Waals surface area (Å²) >= 11 is 0. The lowest BCUT2D eigenvalue weighted by atomic mass is 10.1. The van der Waals surface area contributed by atoms with Gasteiger partial charge in [-0.2, -0.15) is 0 Å². The van der Waals surface area contributed by atoms with Crippen LogP contribution in [0.3, 0.4) is 0 Å². The van der Waals surface area contributed by atoms with Crippen LogP contribution in [0.1, 0.15) is 56.0 Å². The van der Waals surface area contributed by atoms with Gasteiger partial charge in [0, 0.05) is 13.1 Å². The summed E-state index contributed by atoms with van der Waals surface area (Å²) in [6.07, 6.45) is 9.97. The van der Waals surface area contributed by atoms with E-state index in [1.165, 1.54) is 37.8 Å². The third-order valence-corrected chi connectivity index (χ3v) is 3.82. The van der Waals surface area contributed by atoms with E-state index in [2.05, 4.69) is 17.2 Å². The number of aryl methyl sites for hydroxylation is 1. The molecule has 0 aliphatic carbocycles. The summed E-state index contributed by atoms with van der Waals surface area (Å²) in [5.41, 5.74) is 8.41. The van der Waals surface area contributed by atoms with Crippen LogP contribution in [0.4, 0.5) is 4.39 Å². The minimum Gasteiger partial charge on any atom is -0.325 e. The Morgan fingerprint density at radius 1 is 1.09 bits per heavy atom. The van der Waals surface area contributed by atoms with Crippen LogP contribution in [0.2, 0.25) is 0 Å². The fourth-order valence-corrected chi connectivity index (χ4v) is 2.46. The van der Waals surface area contributed by atoms with E-state index in [0.717, 1.165) is 29.9 Å². The number of nitrogens with zero attached hydrogens (tertiary/aromatic N) is 3. The zero-order valence-corrected chi connectivity index (χ0v) is 13.7. The van der Waals surface area contributed by atoms with E-state index in [9.17, 15) is 4.39 Å². The van der Waals surface area contributed by atoms with Crippen LogP contribution in [-0.4, -0.2) is 15.0 Å². The number of aromatic nitrogens is 3. The van der Waals surface area contributed by atoms with Gasteiger partial charge < -0.3 is 5.73 Å². The van der Waals surface area contributed by atoms with Crippen molar-refractivity contribution in [1.82, 2.24) is 15.0 Å². The standard InChI is InChI=1S/C18H25FN4/c1-2-3-4-5-6-13-23-18(17(14-20)21-22-23)12-9-15-7-10-16(19)11-8-15/h7-12H,2-6,13-14,20H2,1H3/b12-9+. The number of rotatable bonds is 9. The minimum atomic E-state index is -0.233. The van der Waals surface area contributed by atoms with Crippen molar-refractivity contribution >= 4 is 12.2 Å². The normalized spacial score (nSPS) is 11.4. The van der Waals surface area contributed by atoms with Crippen LogP contribution in [0.5, 0.6) is 0 Å². The summed E-state index contributed by atoms with van der Waals surface area (Å²) in [6.45, 7) is 3.42. The maximum Gasteiger partial charge on any atom is 0.123 e. The topological polar surface area (TPSA) is 56.7 Å². The first-order valence-electron chi connectivity index (χ1n) is 8.30. The van der Waals surface area contributed by atoms with Crippen LogP contribution >= 0.6 is 0 Å². The largest absolute Gasteiger partial charge is 0.325 e. The van der Waals surface area contributed by atoms with Gasteiger partial charge >= 0.3 is 0 Å². The van der Waals surface area contributed by atoms with Gasteiger partial charge in [0.2, 0.25) is 0 Å². The van der Waals surface area contributed by atoms with Crippen LogP contribution in [0.15, 0.2) is 24.3 Å².